The Kier molecular flexibility index (Phi) is 19.4. The molecule has 0 spiro atoms. The van der Waals surface area contributed by atoms with Gasteiger partial charge in [0, 0.05) is 22.4 Å². The Morgan fingerprint density at radius 2 is 0.444 bits per heavy atom. The Bertz CT molecular complexity index is 238. The minimum Gasteiger partial charge on any atom is -0.346 e. The van der Waals surface area contributed by atoms with E-state index in [2.05, 4.69) is 88.3 Å². The topological polar surface area (TPSA) is 0 Å². The molecular weight excluding hydrogens is 405 g/mol. The minimum atomic E-state index is 0. The van der Waals surface area contributed by atoms with Gasteiger partial charge in [-0.05, 0) is 85.2 Å². The number of hydrogen-bond donors (Lipinski definition) is 0. The van der Waals surface area contributed by atoms with Gasteiger partial charge in [0.25, 0.3) is 0 Å². The first kappa shape index (κ1) is 32.2. The Hall–Kier alpha value is 0.480. The van der Waals surface area contributed by atoms with E-state index in [9.17, 15) is 0 Å². The van der Waals surface area contributed by atoms with Gasteiger partial charge in [0.1, 0.15) is 0 Å². The van der Waals surface area contributed by atoms with Gasteiger partial charge in [-0.2, -0.15) is 6.92 Å². The number of allylic oxidation sites excluding steroid dienone is 2. The predicted octanol–water partition coefficient (Wildman–Crippen LogP) is 7.97. The fourth-order valence-electron chi connectivity index (χ4n) is 2.81. The van der Waals surface area contributed by atoms with Crippen LogP contribution in [0.2, 0.25) is 0 Å². The molecule has 0 aliphatic heterocycles. The second kappa shape index (κ2) is 16.3. The standard InChI is InChI=1S/2C10H15.C4H6.C2H5.Nb/c2*1-6-7(2)9(4)10(5)8(6)3;1-3-4-2;1-2;/h2*1-5H3;1-2H3;1H2,2H3;/q;;;-1;. The first-order valence-electron chi connectivity index (χ1n) is 9.46. The molecule has 0 amide bonds. The van der Waals surface area contributed by atoms with Crippen LogP contribution in [-0.4, -0.2) is 0 Å². The fraction of sp³-hybridized carbons (Fsp3) is 0.500. The smallest absolute Gasteiger partial charge is 0 e. The van der Waals surface area contributed by atoms with Crippen LogP contribution in [0, 0.1) is 78.3 Å². The van der Waals surface area contributed by atoms with E-state index >= 15 is 0 Å². The van der Waals surface area contributed by atoms with Crippen molar-refractivity contribution in [2.24, 2.45) is 0 Å². The second-order valence-electron chi connectivity index (χ2n) is 6.75. The summed E-state index contributed by atoms with van der Waals surface area (Å²) >= 11 is 0. The van der Waals surface area contributed by atoms with Crippen LogP contribution in [0.3, 0.4) is 0 Å². The molecule has 0 atom stereocenters. The van der Waals surface area contributed by atoms with Gasteiger partial charge in [0.2, 0.25) is 0 Å². The Balaban J connectivity index is -0.000000323. The van der Waals surface area contributed by atoms with Crippen LogP contribution in [0.15, 0.2) is 0 Å². The summed E-state index contributed by atoms with van der Waals surface area (Å²) in [4.78, 5) is 0. The maximum Gasteiger partial charge on any atom is 0 e. The second-order valence-corrected chi connectivity index (χ2v) is 6.75. The molecule has 2 aliphatic carbocycles. The molecule has 0 aromatic rings. The zero-order valence-electron chi connectivity index (χ0n) is 20.2. The van der Waals surface area contributed by atoms with E-state index in [1.807, 2.05) is 13.8 Å². The van der Waals surface area contributed by atoms with Crippen LogP contribution in [-0.2, 0) is 22.4 Å². The first-order chi connectivity index (χ1) is 12.0. The molecule has 0 N–H and O–H groups in total. The third-order valence-corrected chi connectivity index (χ3v) is 5.88. The normalized spacial score (nSPS) is 22.7. The molecule has 0 nitrogen and oxygen atoms in total. The Labute approximate surface area is 190 Å². The summed E-state index contributed by atoms with van der Waals surface area (Å²) in [5.41, 5.74) is 0. The molecule has 27 heavy (non-hydrogen) atoms. The van der Waals surface area contributed by atoms with Gasteiger partial charge in [-0.1, -0.05) is 69.2 Å². The van der Waals surface area contributed by atoms with Gasteiger partial charge < -0.3 is 6.92 Å². The van der Waals surface area contributed by atoms with Gasteiger partial charge in [-0.3, -0.25) is 0 Å². The van der Waals surface area contributed by atoms with Crippen molar-refractivity contribution >= 4 is 0 Å². The largest absolute Gasteiger partial charge is 0.346 e. The average Bonchev–Trinajstić information content (AvgIpc) is 2.94. The van der Waals surface area contributed by atoms with Crippen molar-refractivity contribution in [2.45, 2.75) is 90.0 Å². The van der Waals surface area contributed by atoms with E-state index in [1.165, 1.54) is 59.2 Å². The van der Waals surface area contributed by atoms with E-state index in [1.54, 1.807) is 6.92 Å². The summed E-state index contributed by atoms with van der Waals surface area (Å²) in [5.74, 6) is 14.7. The molecule has 2 rings (SSSR count). The van der Waals surface area contributed by atoms with Crippen LogP contribution in [0.4, 0.5) is 0 Å². The molecule has 0 unspecified atom stereocenters. The van der Waals surface area contributed by atoms with E-state index in [0.29, 0.717) is 0 Å². The molecule has 2 fully saturated rings. The summed E-state index contributed by atoms with van der Waals surface area (Å²) in [6, 6.07) is 0. The van der Waals surface area contributed by atoms with Crippen LogP contribution in [0.25, 0.3) is 0 Å². The minimum absolute atomic E-state index is 0. The van der Waals surface area contributed by atoms with Crippen molar-refractivity contribution in [2.75, 3.05) is 0 Å². The zero-order valence-corrected chi connectivity index (χ0v) is 22.4. The number of hydrogen-bond acceptors (Lipinski definition) is 0. The van der Waals surface area contributed by atoms with Crippen LogP contribution in [0.5, 0.6) is 0 Å². The third-order valence-electron chi connectivity index (χ3n) is 5.88. The van der Waals surface area contributed by atoms with Crippen molar-refractivity contribution in [3.63, 3.8) is 0 Å². The predicted molar refractivity (Wildman–Crippen MR) is 118 cm³/mol. The average molecular weight is 447 g/mol. The van der Waals surface area contributed by atoms with E-state index in [-0.39, 0.29) is 22.4 Å². The zero-order chi connectivity index (χ0) is 21.2. The van der Waals surface area contributed by atoms with Crippen molar-refractivity contribution in [3.05, 3.63) is 78.3 Å². The van der Waals surface area contributed by atoms with Gasteiger partial charge >= 0.3 is 0 Å². The summed E-state index contributed by atoms with van der Waals surface area (Å²) in [6.45, 7) is 30.6. The molecule has 151 valence electrons. The number of rotatable bonds is 0. The Morgan fingerprint density at radius 3 is 0.481 bits per heavy atom. The molecule has 0 bridgehead atoms. The monoisotopic (exact) mass is 446 g/mol. The summed E-state index contributed by atoms with van der Waals surface area (Å²) in [5, 5.41) is 0. The quantitative estimate of drug-likeness (QED) is 0.261. The van der Waals surface area contributed by atoms with Crippen LogP contribution < -0.4 is 0 Å². The van der Waals surface area contributed by atoms with Crippen LogP contribution in [0.1, 0.15) is 90.0 Å². The summed E-state index contributed by atoms with van der Waals surface area (Å²) < 4.78 is 0. The van der Waals surface area contributed by atoms with E-state index < -0.39 is 0 Å². The molecule has 2 aliphatic rings. The summed E-state index contributed by atoms with van der Waals surface area (Å²) in [6.07, 6.45) is 5.36. The molecule has 13 radical (unpaired) electrons. The van der Waals surface area contributed by atoms with Crippen molar-refractivity contribution < 1.29 is 22.4 Å². The molecule has 0 aromatic heterocycles. The van der Waals surface area contributed by atoms with Crippen molar-refractivity contribution in [3.8, 4) is 0 Å². The van der Waals surface area contributed by atoms with Crippen molar-refractivity contribution in [1.29, 1.82) is 0 Å². The van der Waals surface area contributed by atoms with E-state index in [4.69, 9.17) is 0 Å². The van der Waals surface area contributed by atoms with E-state index in [0.717, 1.165) is 0 Å². The van der Waals surface area contributed by atoms with Crippen LogP contribution >= 0.6 is 0 Å². The molecule has 0 heterocycles. The fourth-order valence-corrected chi connectivity index (χ4v) is 2.81. The van der Waals surface area contributed by atoms with Gasteiger partial charge in [0.15, 0.2) is 0 Å². The molecule has 0 saturated heterocycles. The molecule has 0 aromatic carbocycles. The molecule has 1 heteroatoms. The maximum absolute atomic E-state index is 3.25. The maximum atomic E-state index is 3.25. The van der Waals surface area contributed by atoms with Gasteiger partial charge in [0.05, 0.1) is 0 Å². The summed E-state index contributed by atoms with van der Waals surface area (Å²) in [7, 11) is 0. The van der Waals surface area contributed by atoms with Crippen molar-refractivity contribution in [1.82, 2.24) is 0 Å². The Morgan fingerprint density at radius 1 is 0.370 bits per heavy atom. The SMILES string of the molecule is C[C]1[C](C)[C](C)[C](C)[C]1C.C[C]1[C](C)[C](C)[C](C)[C]1C.C[C]=[C]C.[CH2-]C.[Nb]. The first-order valence-corrected chi connectivity index (χ1v) is 9.46. The molecule has 2 saturated carbocycles. The van der Waals surface area contributed by atoms with Gasteiger partial charge in [-0.15, -0.1) is 0 Å². The van der Waals surface area contributed by atoms with Gasteiger partial charge in [-0.25, -0.2) is 0 Å². The third kappa shape index (κ3) is 9.22. The molecular formula is C26H41Nb-.